The molecule has 0 aliphatic heterocycles. The van der Waals surface area contributed by atoms with Crippen molar-refractivity contribution in [2.45, 2.75) is 84.5 Å². The lowest BCUT2D eigenvalue weighted by atomic mass is 10.0. The van der Waals surface area contributed by atoms with E-state index in [9.17, 15) is 14.7 Å². The van der Waals surface area contributed by atoms with Gasteiger partial charge in [0, 0.05) is 12.5 Å². The van der Waals surface area contributed by atoms with Gasteiger partial charge in [-0.25, -0.2) is 4.79 Å². The molecule has 0 saturated carbocycles. The normalized spacial score (nSPS) is 11.1. The molecule has 4 heteroatoms. The predicted octanol–water partition coefficient (Wildman–Crippen LogP) is 5.01. The van der Waals surface area contributed by atoms with Gasteiger partial charge in [0.15, 0.2) is 0 Å². The predicted molar refractivity (Wildman–Crippen MR) is 96.4 cm³/mol. The Morgan fingerprint density at radius 3 is 2.17 bits per heavy atom. The van der Waals surface area contributed by atoms with Crippen LogP contribution in [0.15, 0.2) is 21.3 Å². The van der Waals surface area contributed by atoms with Crippen molar-refractivity contribution in [2.75, 3.05) is 0 Å². The van der Waals surface area contributed by atoms with Crippen molar-refractivity contribution in [3.8, 4) is 5.75 Å². The number of aromatic hydroxyl groups is 1. The van der Waals surface area contributed by atoms with Crippen molar-refractivity contribution in [3.63, 3.8) is 0 Å². The number of unbranched alkanes of at least 4 members (excludes halogenated alkanes) is 7. The molecule has 0 bridgehead atoms. The Kier molecular flexibility index (Phi) is 10.1. The lowest BCUT2D eigenvalue weighted by Crippen LogP contribution is -2.06. The molecule has 0 unspecified atom stereocenters. The molecular weight excluding hydrogens is 304 g/mol. The molecule has 0 aromatic carbocycles. The van der Waals surface area contributed by atoms with Crippen LogP contribution in [-0.4, -0.2) is 10.9 Å². The van der Waals surface area contributed by atoms with E-state index in [0.717, 1.165) is 24.8 Å². The Bertz CT molecular complexity index is 531. The van der Waals surface area contributed by atoms with Crippen molar-refractivity contribution in [2.24, 2.45) is 5.92 Å². The summed E-state index contributed by atoms with van der Waals surface area (Å²) in [4.78, 5) is 23.0. The van der Waals surface area contributed by atoms with E-state index in [1.165, 1.54) is 51.0 Å². The molecule has 1 rings (SSSR count). The van der Waals surface area contributed by atoms with Crippen LogP contribution in [0.1, 0.15) is 83.8 Å². The van der Waals surface area contributed by atoms with E-state index in [-0.39, 0.29) is 23.7 Å². The summed E-state index contributed by atoms with van der Waals surface area (Å²) in [5, 5.41) is 9.31. The summed E-state index contributed by atoms with van der Waals surface area (Å²) in [7, 11) is 0. The Labute approximate surface area is 145 Å². The minimum atomic E-state index is -0.619. The van der Waals surface area contributed by atoms with Gasteiger partial charge < -0.3 is 9.52 Å². The molecule has 0 spiro atoms. The molecule has 0 aliphatic carbocycles. The number of hydrogen-bond donors (Lipinski definition) is 1. The van der Waals surface area contributed by atoms with Crippen LogP contribution >= 0.6 is 0 Å². The first-order chi connectivity index (χ1) is 11.5. The maximum Gasteiger partial charge on any atom is 0.339 e. The zero-order valence-corrected chi connectivity index (χ0v) is 15.2. The van der Waals surface area contributed by atoms with Crippen molar-refractivity contribution < 1.29 is 14.3 Å². The fourth-order valence-electron chi connectivity index (χ4n) is 2.82. The van der Waals surface area contributed by atoms with Gasteiger partial charge in [-0.1, -0.05) is 65.2 Å². The average molecular weight is 336 g/mol. The Morgan fingerprint density at radius 2 is 1.58 bits per heavy atom. The van der Waals surface area contributed by atoms with E-state index < -0.39 is 5.63 Å². The van der Waals surface area contributed by atoms with Crippen molar-refractivity contribution in [3.05, 3.63) is 28.3 Å². The fourth-order valence-corrected chi connectivity index (χ4v) is 2.82. The highest BCUT2D eigenvalue weighted by Gasteiger charge is 2.08. The molecule has 136 valence electrons. The van der Waals surface area contributed by atoms with Crippen LogP contribution in [0.3, 0.4) is 0 Å². The molecule has 1 aromatic heterocycles. The summed E-state index contributed by atoms with van der Waals surface area (Å²) in [5.41, 5.74) is -0.619. The first-order valence-electron chi connectivity index (χ1n) is 9.32. The summed E-state index contributed by atoms with van der Waals surface area (Å²) in [5.74, 6) is 0.960. The van der Waals surface area contributed by atoms with Crippen LogP contribution < -0.4 is 5.63 Å². The van der Waals surface area contributed by atoms with Gasteiger partial charge in [-0.3, -0.25) is 4.79 Å². The molecule has 4 nitrogen and oxygen atoms in total. The van der Waals surface area contributed by atoms with Crippen LogP contribution in [0.4, 0.5) is 0 Å². The maximum absolute atomic E-state index is 11.9. The third-order valence-corrected chi connectivity index (χ3v) is 4.16. The number of carbonyl (C=O) groups excluding carboxylic acids is 1. The number of Topliss-reactive ketones (excluding diaryl/α,β-unsaturated/α-hetero) is 1. The number of carbonyl (C=O) groups is 1. The Morgan fingerprint density at radius 1 is 1.00 bits per heavy atom. The monoisotopic (exact) mass is 336 g/mol. The zero-order chi connectivity index (χ0) is 17.8. The summed E-state index contributed by atoms with van der Waals surface area (Å²) >= 11 is 0. The topological polar surface area (TPSA) is 67.5 Å². The van der Waals surface area contributed by atoms with Gasteiger partial charge >= 0.3 is 5.63 Å². The van der Waals surface area contributed by atoms with E-state index in [2.05, 4.69) is 13.8 Å². The number of rotatable bonds is 13. The quantitative estimate of drug-likeness (QED) is 0.514. The third kappa shape index (κ3) is 10.2. The van der Waals surface area contributed by atoms with Crippen molar-refractivity contribution >= 4 is 5.78 Å². The SMILES string of the molecule is CC(C)CCCCCCCCCCC(=O)Cc1cc(O)cc(=O)o1. The van der Waals surface area contributed by atoms with E-state index in [1.54, 1.807) is 0 Å². The number of ketones is 1. The third-order valence-electron chi connectivity index (χ3n) is 4.16. The van der Waals surface area contributed by atoms with Gasteiger partial charge in [-0.15, -0.1) is 0 Å². The lowest BCUT2D eigenvalue weighted by molar-refractivity contribution is -0.118. The first-order valence-corrected chi connectivity index (χ1v) is 9.32. The molecule has 1 aromatic rings. The average Bonchev–Trinajstić information content (AvgIpc) is 2.47. The standard InChI is InChI=1S/C20H32O4/c1-16(2)11-9-7-5-3-4-6-8-10-12-17(21)13-19-14-18(22)15-20(23)24-19/h14-16,22H,3-13H2,1-2H3. The summed E-state index contributed by atoms with van der Waals surface area (Å²) in [6, 6.07) is 2.33. The summed E-state index contributed by atoms with van der Waals surface area (Å²) < 4.78 is 4.90. The summed E-state index contributed by atoms with van der Waals surface area (Å²) in [6.45, 7) is 4.55. The Hall–Kier alpha value is -1.58. The smallest absolute Gasteiger partial charge is 0.339 e. The minimum Gasteiger partial charge on any atom is -0.508 e. The van der Waals surface area contributed by atoms with Gasteiger partial charge in [0.25, 0.3) is 0 Å². The van der Waals surface area contributed by atoms with Crippen LogP contribution in [0.25, 0.3) is 0 Å². The molecule has 0 amide bonds. The van der Waals surface area contributed by atoms with E-state index >= 15 is 0 Å². The van der Waals surface area contributed by atoms with Crippen molar-refractivity contribution in [1.82, 2.24) is 0 Å². The van der Waals surface area contributed by atoms with Gasteiger partial charge in [-0.05, 0) is 12.3 Å². The second kappa shape index (κ2) is 11.9. The lowest BCUT2D eigenvalue weighted by Gasteiger charge is -2.04. The van der Waals surface area contributed by atoms with Gasteiger partial charge in [0.1, 0.15) is 17.3 Å². The largest absolute Gasteiger partial charge is 0.508 e. The van der Waals surface area contributed by atoms with Crippen LogP contribution in [0.5, 0.6) is 5.75 Å². The summed E-state index contributed by atoms with van der Waals surface area (Å²) in [6.07, 6.45) is 11.6. The first kappa shape index (κ1) is 20.5. The highest BCUT2D eigenvalue weighted by atomic mass is 16.4. The highest BCUT2D eigenvalue weighted by Crippen LogP contribution is 2.14. The van der Waals surface area contributed by atoms with E-state index in [4.69, 9.17) is 4.42 Å². The molecule has 0 fully saturated rings. The van der Waals surface area contributed by atoms with Gasteiger partial charge in [-0.2, -0.15) is 0 Å². The molecule has 0 radical (unpaired) electrons. The van der Waals surface area contributed by atoms with Gasteiger partial charge in [0.05, 0.1) is 12.5 Å². The molecule has 1 N–H and O–H groups in total. The number of hydrogen-bond acceptors (Lipinski definition) is 4. The van der Waals surface area contributed by atoms with E-state index in [0.29, 0.717) is 6.42 Å². The fraction of sp³-hybridized carbons (Fsp3) is 0.700. The van der Waals surface area contributed by atoms with Crippen LogP contribution in [0, 0.1) is 5.92 Å². The molecule has 0 atom stereocenters. The molecule has 24 heavy (non-hydrogen) atoms. The second-order valence-electron chi connectivity index (χ2n) is 7.08. The maximum atomic E-state index is 11.9. The molecule has 0 aliphatic rings. The molecule has 1 heterocycles. The minimum absolute atomic E-state index is 0.0532. The molecule has 0 saturated heterocycles. The second-order valence-corrected chi connectivity index (χ2v) is 7.08. The van der Waals surface area contributed by atoms with E-state index in [1.807, 2.05) is 0 Å². The zero-order valence-electron chi connectivity index (χ0n) is 15.2. The van der Waals surface area contributed by atoms with Crippen molar-refractivity contribution in [1.29, 1.82) is 0 Å². The van der Waals surface area contributed by atoms with Gasteiger partial charge in [0.2, 0.25) is 0 Å². The highest BCUT2D eigenvalue weighted by molar-refractivity contribution is 5.80. The van der Waals surface area contributed by atoms with Crippen LogP contribution in [-0.2, 0) is 11.2 Å². The van der Waals surface area contributed by atoms with Crippen LogP contribution in [0.2, 0.25) is 0 Å². The molecular formula is C20H32O4. The Balaban J connectivity index is 2.01.